The van der Waals surface area contributed by atoms with Gasteiger partial charge in [0.15, 0.2) is 0 Å². The Bertz CT molecular complexity index is 810. The molecule has 1 nitrogen and oxygen atoms in total. The number of hydrogen-bond acceptors (Lipinski definition) is 1. The summed E-state index contributed by atoms with van der Waals surface area (Å²) in [4.78, 5) is 1.49. The minimum atomic E-state index is -6.12. The Morgan fingerprint density at radius 3 is 1.89 bits per heavy atom. The van der Waals surface area contributed by atoms with E-state index in [4.69, 9.17) is 0 Å². The van der Waals surface area contributed by atoms with Crippen molar-refractivity contribution in [2.45, 2.75) is 30.5 Å². The molecule has 0 N–H and O–H groups in total. The van der Waals surface area contributed by atoms with Crippen molar-refractivity contribution in [1.29, 1.82) is 0 Å². The third-order valence-corrected chi connectivity index (χ3v) is 4.49. The molecule has 3 rings (SSSR count). The fourth-order valence-electron chi connectivity index (χ4n) is 3.16. The minimum Gasteiger partial charge on any atom is -0.344 e. The van der Waals surface area contributed by atoms with Gasteiger partial charge in [0.1, 0.15) is 0 Å². The molecule has 0 aromatic heterocycles. The first-order valence-corrected chi connectivity index (χ1v) is 7.96. The molecule has 27 heavy (non-hydrogen) atoms. The zero-order valence-corrected chi connectivity index (χ0v) is 13.7. The number of hydrogen-bond donors (Lipinski definition) is 0. The van der Waals surface area contributed by atoms with Gasteiger partial charge in [-0.25, -0.2) is 4.39 Å². The highest BCUT2D eigenvalue weighted by Crippen LogP contribution is 2.56. The standard InChI is InChI=1S/C19H14F7N/c20-17(18(21,22)23,19(24,25)26)15-10-11-27(12-13-6-2-1-3-7-13)16-9-5-4-8-14(15)16/h1-11,15H,12H2. The van der Waals surface area contributed by atoms with Gasteiger partial charge in [-0.3, -0.25) is 0 Å². The fourth-order valence-corrected chi connectivity index (χ4v) is 3.16. The lowest BCUT2D eigenvalue weighted by Gasteiger charge is -2.39. The van der Waals surface area contributed by atoms with Gasteiger partial charge in [-0.2, -0.15) is 26.3 Å². The van der Waals surface area contributed by atoms with Crippen LogP contribution in [0.25, 0.3) is 0 Å². The monoisotopic (exact) mass is 389 g/mol. The molecule has 0 aliphatic carbocycles. The van der Waals surface area contributed by atoms with Crippen LogP contribution >= 0.6 is 0 Å². The van der Waals surface area contributed by atoms with Crippen LogP contribution < -0.4 is 4.90 Å². The Labute approximate surface area is 150 Å². The molecule has 0 saturated carbocycles. The highest BCUT2D eigenvalue weighted by atomic mass is 19.4. The number of rotatable bonds is 3. The second-order valence-electron chi connectivity index (χ2n) is 6.20. The molecule has 1 aliphatic rings. The maximum Gasteiger partial charge on any atom is 0.432 e. The Hall–Kier alpha value is -2.51. The van der Waals surface area contributed by atoms with E-state index in [9.17, 15) is 30.7 Å². The molecular weight excluding hydrogens is 375 g/mol. The predicted octanol–water partition coefficient (Wildman–Crippen LogP) is 6.14. The van der Waals surface area contributed by atoms with E-state index in [-0.39, 0.29) is 17.8 Å². The largest absolute Gasteiger partial charge is 0.432 e. The van der Waals surface area contributed by atoms with Crippen molar-refractivity contribution in [3.63, 3.8) is 0 Å². The van der Waals surface area contributed by atoms with Crippen LogP contribution in [0.4, 0.5) is 36.4 Å². The van der Waals surface area contributed by atoms with E-state index in [1.165, 1.54) is 23.1 Å². The van der Waals surface area contributed by atoms with Crippen LogP contribution in [0.3, 0.4) is 0 Å². The lowest BCUT2D eigenvalue weighted by atomic mass is 9.79. The number of anilines is 1. The molecular formula is C19H14F7N. The topological polar surface area (TPSA) is 3.24 Å². The summed E-state index contributed by atoms with van der Waals surface area (Å²) < 4.78 is 93.7. The summed E-state index contributed by atoms with van der Waals surface area (Å²) in [5, 5.41) is 0. The van der Waals surface area contributed by atoms with Crippen LogP contribution in [0.5, 0.6) is 0 Å². The van der Waals surface area contributed by atoms with E-state index in [2.05, 4.69) is 0 Å². The average Bonchev–Trinajstić information content (AvgIpc) is 2.60. The van der Waals surface area contributed by atoms with E-state index in [1.807, 2.05) is 0 Å². The predicted molar refractivity (Wildman–Crippen MR) is 86.9 cm³/mol. The van der Waals surface area contributed by atoms with Gasteiger partial charge in [0.25, 0.3) is 0 Å². The van der Waals surface area contributed by atoms with Gasteiger partial charge in [0, 0.05) is 18.4 Å². The van der Waals surface area contributed by atoms with Crippen molar-refractivity contribution in [2.75, 3.05) is 4.90 Å². The van der Waals surface area contributed by atoms with E-state index in [0.29, 0.717) is 6.08 Å². The summed E-state index contributed by atoms with van der Waals surface area (Å²) >= 11 is 0. The van der Waals surface area contributed by atoms with Crippen LogP contribution in [0.2, 0.25) is 0 Å². The third kappa shape index (κ3) is 3.28. The molecule has 0 saturated heterocycles. The summed E-state index contributed by atoms with van der Waals surface area (Å²) in [6.45, 7) is 0.221. The SMILES string of the molecule is FC(F)(F)C(F)(C1C=CN(Cc2ccccc2)c2ccccc21)C(F)(F)F. The second kappa shape index (κ2) is 6.58. The van der Waals surface area contributed by atoms with Gasteiger partial charge in [-0.1, -0.05) is 54.6 Å². The van der Waals surface area contributed by atoms with Crippen molar-refractivity contribution in [3.05, 3.63) is 78.0 Å². The van der Waals surface area contributed by atoms with Crippen molar-refractivity contribution < 1.29 is 30.7 Å². The summed E-state index contributed by atoms with van der Waals surface area (Å²) in [5.41, 5.74) is -4.85. The van der Waals surface area contributed by atoms with Crippen LogP contribution in [-0.4, -0.2) is 18.0 Å². The van der Waals surface area contributed by atoms with Crippen LogP contribution in [0.15, 0.2) is 66.9 Å². The maximum atomic E-state index is 14.6. The lowest BCUT2D eigenvalue weighted by molar-refractivity contribution is -0.345. The van der Waals surface area contributed by atoms with E-state index >= 15 is 0 Å². The Balaban J connectivity index is 2.07. The van der Waals surface area contributed by atoms with Gasteiger partial charge in [0.05, 0.1) is 5.92 Å². The fraction of sp³-hybridized carbons (Fsp3) is 0.263. The number of alkyl halides is 7. The van der Waals surface area contributed by atoms with Gasteiger partial charge in [-0.05, 0) is 17.2 Å². The summed E-state index contributed by atoms with van der Waals surface area (Å²) in [5.74, 6) is -2.53. The Morgan fingerprint density at radius 2 is 1.30 bits per heavy atom. The number of benzene rings is 2. The second-order valence-corrected chi connectivity index (χ2v) is 6.20. The normalized spacial score (nSPS) is 17.7. The molecule has 0 radical (unpaired) electrons. The van der Waals surface area contributed by atoms with Crippen LogP contribution in [0, 0.1) is 0 Å². The molecule has 2 aromatic carbocycles. The Morgan fingerprint density at radius 1 is 0.741 bits per heavy atom. The first kappa shape index (κ1) is 19.3. The first-order chi connectivity index (χ1) is 12.6. The molecule has 2 aromatic rings. The van der Waals surface area contributed by atoms with Gasteiger partial charge in [-0.15, -0.1) is 0 Å². The number of allylic oxidation sites excluding steroid dienone is 1. The lowest BCUT2D eigenvalue weighted by Crippen LogP contribution is -2.57. The zero-order chi connectivity index (χ0) is 19.9. The van der Waals surface area contributed by atoms with Crippen molar-refractivity contribution >= 4 is 5.69 Å². The summed E-state index contributed by atoms with van der Waals surface area (Å²) in [7, 11) is 0. The van der Waals surface area contributed by atoms with Gasteiger partial charge in [0.2, 0.25) is 0 Å². The van der Waals surface area contributed by atoms with Crippen LogP contribution in [0.1, 0.15) is 17.0 Å². The number of halogens is 7. The summed E-state index contributed by atoms with van der Waals surface area (Å²) in [6.07, 6.45) is -10.5. The van der Waals surface area contributed by atoms with E-state index < -0.39 is 23.9 Å². The quantitative estimate of drug-likeness (QED) is 0.570. The highest BCUT2D eigenvalue weighted by molar-refractivity contribution is 5.62. The number of nitrogens with zero attached hydrogens (tertiary/aromatic N) is 1. The summed E-state index contributed by atoms with van der Waals surface area (Å²) in [6, 6.07) is 14.1. The molecule has 0 spiro atoms. The number of fused-ring (bicyclic) bond motifs is 1. The van der Waals surface area contributed by atoms with Crippen molar-refractivity contribution in [3.8, 4) is 0 Å². The first-order valence-electron chi connectivity index (χ1n) is 7.96. The van der Waals surface area contributed by atoms with E-state index in [1.54, 1.807) is 30.3 Å². The van der Waals surface area contributed by atoms with Crippen LogP contribution in [-0.2, 0) is 6.54 Å². The van der Waals surface area contributed by atoms with Gasteiger partial charge >= 0.3 is 18.0 Å². The average molecular weight is 389 g/mol. The molecule has 8 heteroatoms. The molecule has 0 fully saturated rings. The Kier molecular flexibility index (Phi) is 4.69. The molecule has 144 valence electrons. The van der Waals surface area contributed by atoms with E-state index in [0.717, 1.165) is 17.8 Å². The van der Waals surface area contributed by atoms with Crippen molar-refractivity contribution in [2.24, 2.45) is 0 Å². The van der Waals surface area contributed by atoms with Gasteiger partial charge < -0.3 is 4.90 Å². The number of para-hydroxylation sites is 1. The zero-order valence-electron chi connectivity index (χ0n) is 13.7. The molecule has 1 atom stereocenters. The molecule has 0 bridgehead atoms. The molecule has 1 aliphatic heterocycles. The minimum absolute atomic E-state index is 0.101. The molecule has 1 heterocycles. The third-order valence-electron chi connectivity index (χ3n) is 4.49. The van der Waals surface area contributed by atoms with Crippen molar-refractivity contribution in [1.82, 2.24) is 0 Å². The molecule has 1 unspecified atom stereocenters. The molecule has 0 amide bonds. The highest BCUT2D eigenvalue weighted by Gasteiger charge is 2.76. The smallest absolute Gasteiger partial charge is 0.344 e. The maximum absolute atomic E-state index is 14.6.